The molecule has 3 nitrogen and oxygen atoms in total. The SMILES string of the molecule is NC(c1ccc(Br)cc1)c1cc2c(cc1F)NC(=O)CC2. The fourth-order valence-electron chi connectivity index (χ4n) is 2.51. The molecule has 0 spiro atoms. The summed E-state index contributed by atoms with van der Waals surface area (Å²) in [4.78, 5) is 11.3. The topological polar surface area (TPSA) is 55.1 Å². The summed E-state index contributed by atoms with van der Waals surface area (Å²) in [7, 11) is 0. The molecule has 2 aromatic carbocycles. The number of halogens is 2. The van der Waals surface area contributed by atoms with E-state index in [1.807, 2.05) is 24.3 Å². The van der Waals surface area contributed by atoms with Crippen LogP contribution in [0, 0.1) is 5.82 Å². The van der Waals surface area contributed by atoms with Crippen molar-refractivity contribution in [1.29, 1.82) is 0 Å². The Morgan fingerprint density at radius 3 is 2.62 bits per heavy atom. The number of nitrogens with one attached hydrogen (secondary N) is 1. The number of carbonyl (C=O) groups excluding carboxylic acids is 1. The van der Waals surface area contributed by atoms with Gasteiger partial charge in [-0.05, 0) is 41.8 Å². The number of benzene rings is 2. The molecule has 0 fully saturated rings. The van der Waals surface area contributed by atoms with Crippen LogP contribution in [0.4, 0.5) is 10.1 Å². The lowest BCUT2D eigenvalue weighted by Gasteiger charge is -2.21. The monoisotopic (exact) mass is 348 g/mol. The van der Waals surface area contributed by atoms with Crippen molar-refractivity contribution in [3.05, 3.63) is 63.4 Å². The second-order valence-corrected chi connectivity index (χ2v) is 6.02. The van der Waals surface area contributed by atoms with Gasteiger partial charge >= 0.3 is 0 Å². The van der Waals surface area contributed by atoms with Gasteiger partial charge in [-0.25, -0.2) is 4.39 Å². The van der Waals surface area contributed by atoms with Gasteiger partial charge in [-0.2, -0.15) is 0 Å². The number of hydrogen-bond donors (Lipinski definition) is 2. The molecule has 0 aromatic heterocycles. The van der Waals surface area contributed by atoms with Crippen molar-refractivity contribution in [2.75, 3.05) is 5.32 Å². The molecule has 3 rings (SSSR count). The Bertz CT molecular complexity index is 700. The van der Waals surface area contributed by atoms with Crippen LogP contribution in [0.1, 0.15) is 29.2 Å². The number of anilines is 1. The van der Waals surface area contributed by atoms with E-state index in [0.717, 1.165) is 15.6 Å². The van der Waals surface area contributed by atoms with Crippen LogP contribution in [0.2, 0.25) is 0 Å². The van der Waals surface area contributed by atoms with Crippen LogP contribution in [0.25, 0.3) is 0 Å². The van der Waals surface area contributed by atoms with Crippen molar-refractivity contribution in [1.82, 2.24) is 0 Å². The minimum absolute atomic E-state index is 0.0770. The van der Waals surface area contributed by atoms with Crippen LogP contribution < -0.4 is 11.1 Å². The van der Waals surface area contributed by atoms with Crippen LogP contribution in [0.3, 0.4) is 0 Å². The highest BCUT2D eigenvalue weighted by Crippen LogP contribution is 2.30. The Kier molecular flexibility index (Phi) is 3.78. The molecule has 3 N–H and O–H groups in total. The molecule has 0 saturated heterocycles. The van der Waals surface area contributed by atoms with E-state index in [1.165, 1.54) is 6.07 Å². The third kappa shape index (κ3) is 2.84. The van der Waals surface area contributed by atoms with E-state index in [9.17, 15) is 9.18 Å². The predicted molar refractivity (Wildman–Crippen MR) is 83.5 cm³/mol. The minimum Gasteiger partial charge on any atom is -0.326 e. The van der Waals surface area contributed by atoms with Crippen molar-refractivity contribution >= 4 is 27.5 Å². The first kappa shape index (κ1) is 14.2. The van der Waals surface area contributed by atoms with Crippen LogP contribution >= 0.6 is 15.9 Å². The van der Waals surface area contributed by atoms with E-state index in [4.69, 9.17) is 5.73 Å². The molecular weight excluding hydrogens is 335 g/mol. The quantitative estimate of drug-likeness (QED) is 0.872. The maximum atomic E-state index is 14.3. The summed E-state index contributed by atoms with van der Waals surface area (Å²) in [6.45, 7) is 0. The van der Waals surface area contributed by atoms with Crippen LogP contribution in [0.5, 0.6) is 0 Å². The van der Waals surface area contributed by atoms with Gasteiger partial charge in [0.1, 0.15) is 5.82 Å². The molecule has 1 unspecified atom stereocenters. The first-order chi connectivity index (χ1) is 10.0. The molecule has 5 heteroatoms. The number of amides is 1. The largest absolute Gasteiger partial charge is 0.326 e. The first-order valence-electron chi connectivity index (χ1n) is 6.68. The summed E-state index contributed by atoms with van der Waals surface area (Å²) in [5.74, 6) is -0.474. The summed E-state index contributed by atoms with van der Waals surface area (Å²) < 4.78 is 15.2. The van der Waals surface area contributed by atoms with Gasteiger partial charge in [0, 0.05) is 22.1 Å². The molecule has 108 valence electrons. The van der Waals surface area contributed by atoms with Gasteiger partial charge in [0.25, 0.3) is 0 Å². The smallest absolute Gasteiger partial charge is 0.224 e. The van der Waals surface area contributed by atoms with Crippen molar-refractivity contribution in [3.63, 3.8) is 0 Å². The molecule has 0 bridgehead atoms. The van der Waals surface area contributed by atoms with Crippen LogP contribution in [0.15, 0.2) is 40.9 Å². The Labute approximate surface area is 130 Å². The predicted octanol–water partition coefficient (Wildman–Crippen LogP) is 3.52. The molecule has 1 aliphatic rings. The lowest BCUT2D eigenvalue weighted by molar-refractivity contribution is -0.116. The summed E-state index contributed by atoms with van der Waals surface area (Å²) in [6, 6.07) is 10.1. The summed E-state index contributed by atoms with van der Waals surface area (Å²) in [5.41, 5.74) is 8.96. The maximum absolute atomic E-state index is 14.3. The number of hydrogen-bond acceptors (Lipinski definition) is 2. The zero-order valence-electron chi connectivity index (χ0n) is 11.2. The van der Waals surface area contributed by atoms with E-state index in [1.54, 1.807) is 6.07 Å². The number of fused-ring (bicyclic) bond motifs is 1. The van der Waals surface area contributed by atoms with Gasteiger partial charge in [-0.15, -0.1) is 0 Å². The highest BCUT2D eigenvalue weighted by molar-refractivity contribution is 9.10. The Balaban J connectivity index is 1.98. The molecule has 0 aliphatic carbocycles. The highest BCUT2D eigenvalue weighted by atomic mass is 79.9. The van der Waals surface area contributed by atoms with Crippen LogP contribution in [-0.2, 0) is 11.2 Å². The summed E-state index contributed by atoms with van der Waals surface area (Å²) in [6.07, 6.45) is 1.03. The third-order valence-electron chi connectivity index (χ3n) is 3.68. The van der Waals surface area contributed by atoms with Crippen molar-refractivity contribution in [2.24, 2.45) is 5.73 Å². The Morgan fingerprint density at radius 2 is 1.90 bits per heavy atom. The molecule has 21 heavy (non-hydrogen) atoms. The number of rotatable bonds is 2. The van der Waals surface area contributed by atoms with Crippen molar-refractivity contribution < 1.29 is 9.18 Å². The second kappa shape index (κ2) is 5.58. The van der Waals surface area contributed by atoms with Crippen molar-refractivity contribution in [3.8, 4) is 0 Å². The highest BCUT2D eigenvalue weighted by Gasteiger charge is 2.20. The third-order valence-corrected chi connectivity index (χ3v) is 4.21. The van der Waals surface area contributed by atoms with E-state index in [-0.39, 0.29) is 5.91 Å². The lowest BCUT2D eigenvalue weighted by Crippen LogP contribution is -2.21. The standard InChI is InChI=1S/C16H14BrFN2O/c17-11-4-1-9(2-5-11)16(19)12-7-10-3-6-15(21)20-14(10)8-13(12)18/h1-2,4-5,7-8,16H,3,6,19H2,(H,20,21). The van der Waals surface area contributed by atoms with E-state index >= 15 is 0 Å². The van der Waals surface area contributed by atoms with Gasteiger partial charge in [0.2, 0.25) is 5.91 Å². The summed E-state index contributed by atoms with van der Waals surface area (Å²) in [5, 5.41) is 2.69. The molecule has 1 amide bonds. The van der Waals surface area contributed by atoms with Crippen molar-refractivity contribution in [2.45, 2.75) is 18.9 Å². The van der Waals surface area contributed by atoms with Crippen LogP contribution in [-0.4, -0.2) is 5.91 Å². The lowest BCUT2D eigenvalue weighted by atomic mass is 9.94. The Morgan fingerprint density at radius 1 is 1.19 bits per heavy atom. The van der Waals surface area contributed by atoms with E-state index in [0.29, 0.717) is 24.1 Å². The minimum atomic E-state index is -0.527. The fourth-order valence-corrected chi connectivity index (χ4v) is 2.77. The molecule has 1 heterocycles. The van der Waals surface area contributed by atoms with E-state index in [2.05, 4.69) is 21.2 Å². The van der Waals surface area contributed by atoms with E-state index < -0.39 is 11.9 Å². The fraction of sp³-hybridized carbons (Fsp3) is 0.188. The molecule has 0 radical (unpaired) electrons. The zero-order chi connectivity index (χ0) is 15.0. The van der Waals surface area contributed by atoms with Gasteiger partial charge in [0.05, 0.1) is 6.04 Å². The van der Waals surface area contributed by atoms with Gasteiger partial charge in [-0.3, -0.25) is 4.79 Å². The molecule has 1 atom stereocenters. The maximum Gasteiger partial charge on any atom is 0.224 e. The average Bonchev–Trinajstić information content (AvgIpc) is 2.46. The average molecular weight is 349 g/mol. The molecule has 1 aliphatic heterocycles. The normalized spacial score (nSPS) is 15.3. The Hall–Kier alpha value is -1.72. The first-order valence-corrected chi connectivity index (χ1v) is 7.47. The number of aryl methyl sites for hydroxylation is 1. The van der Waals surface area contributed by atoms with Gasteiger partial charge < -0.3 is 11.1 Å². The molecule has 0 saturated carbocycles. The van der Waals surface area contributed by atoms with Gasteiger partial charge in [0.15, 0.2) is 0 Å². The van der Waals surface area contributed by atoms with Gasteiger partial charge in [-0.1, -0.05) is 28.1 Å². The number of carbonyl (C=O) groups is 1. The molecule has 2 aromatic rings. The number of nitrogens with two attached hydrogens (primary N) is 1. The summed E-state index contributed by atoms with van der Waals surface area (Å²) >= 11 is 3.37. The second-order valence-electron chi connectivity index (χ2n) is 5.11. The molecular formula is C16H14BrFN2O. The zero-order valence-corrected chi connectivity index (χ0v) is 12.8.